The number of alkyl halides is 3. The number of rotatable bonds is 7. The highest BCUT2D eigenvalue weighted by Gasteiger charge is 2.35. The second-order valence-corrected chi connectivity index (χ2v) is 10.7. The van der Waals surface area contributed by atoms with Crippen molar-refractivity contribution in [3.05, 3.63) is 107 Å². The molecule has 3 heterocycles. The maximum Gasteiger partial charge on any atom is 0.417 e. The molecule has 226 valence electrons. The highest BCUT2D eigenvalue weighted by atomic mass is 19.4. The van der Waals surface area contributed by atoms with E-state index in [0.717, 1.165) is 43.0 Å². The highest BCUT2D eigenvalue weighted by Crippen LogP contribution is 2.34. The van der Waals surface area contributed by atoms with Crippen LogP contribution in [-0.4, -0.2) is 34.9 Å². The van der Waals surface area contributed by atoms with Crippen molar-refractivity contribution < 1.29 is 27.2 Å². The van der Waals surface area contributed by atoms with Crippen LogP contribution in [0.5, 0.6) is 0 Å². The van der Waals surface area contributed by atoms with E-state index >= 15 is 0 Å². The number of fused-ring (bicyclic) bond motifs is 1. The summed E-state index contributed by atoms with van der Waals surface area (Å²) in [6.07, 6.45) is -0.877. The predicted molar refractivity (Wildman–Crippen MR) is 159 cm³/mol. The molecule has 0 spiro atoms. The van der Waals surface area contributed by atoms with Crippen LogP contribution in [0.15, 0.2) is 79.0 Å². The summed E-state index contributed by atoms with van der Waals surface area (Å²) in [6.45, 7) is 3.37. The van der Waals surface area contributed by atoms with Crippen LogP contribution in [0.4, 0.5) is 50.9 Å². The molecule has 0 bridgehead atoms. The third-order valence-electron chi connectivity index (χ3n) is 7.65. The number of urea groups is 1. The topological polar surface area (TPSA) is 89.6 Å². The van der Waals surface area contributed by atoms with Crippen molar-refractivity contribution in [2.24, 2.45) is 0 Å². The van der Waals surface area contributed by atoms with Crippen molar-refractivity contribution in [1.29, 1.82) is 0 Å². The molecule has 3 N–H and O–H groups in total. The summed E-state index contributed by atoms with van der Waals surface area (Å²) in [5.41, 5.74) is 2.25. The first-order chi connectivity index (χ1) is 21.1. The van der Waals surface area contributed by atoms with Gasteiger partial charge in [-0.05, 0) is 92.2 Å². The van der Waals surface area contributed by atoms with Gasteiger partial charge in [0, 0.05) is 41.1 Å². The van der Waals surface area contributed by atoms with Gasteiger partial charge in [0.05, 0.1) is 17.7 Å². The van der Waals surface area contributed by atoms with Crippen LogP contribution in [0.2, 0.25) is 0 Å². The van der Waals surface area contributed by atoms with E-state index in [4.69, 9.17) is 0 Å². The Balaban J connectivity index is 1.15. The summed E-state index contributed by atoms with van der Waals surface area (Å²) >= 11 is 0. The highest BCUT2D eigenvalue weighted by molar-refractivity contribution is 6.06. The number of hydrogen-bond acceptors (Lipinski definition) is 5. The van der Waals surface area contributed by atoms with Crippen molar-refractivity contribution in [2.75, 3.05) is 33.9 Å². The molecule has 8 nitrogen and oxygen atoms in total. The Labute approximate surface area is 250 Å². The minimum Gasteiger partial charge on any atom is -0.355 e. The number of anilines is 5. The number of carbonyl (C=O) groups excluding carboxylic acids is 2. The first-order valence-corrected chi connectivity index (χ1v) is 14.1. The lowest BCUT2D eigenvalue weighted by Crippen LogP contribution is -2.39. The number of hydrogen-bond donors (Lipinski definition) is 3. The summed E-state index contributed by atoms with van der Waals surface area (Å²) in [7, 11) is 0. The Hall–Kier alpha value is -4.97. The van der Waals surface area contributed by atoms with Gasteiger partial charge in [-0.3, -0.25) is 19.9 Å². The van der Waals surface area contributed by atoms with E-state index in [2.05, 4.69) is 25.8 Å². The number of nitrogens with zero attached hydrogens (tertiary/aromatic N) is 3. The Kier molecular flexibility index (Phi) is 7.92. The Bertz CT molecular complexity index is 1690. The van der Waals surface area contributed by atoms with Crippen molar-refractivity contribution in [3.63, 3.8) is 0 Å². The zero-order valence-electron chi connectivity index (χ0n) is 23.4. The molecule has 12 heteroatoms. The van der Waals surface area contributed by atoms with E-state index in [1.54, 1.807) is 29.3 Å². The van der Waals surface area contributed by atoms with E-state index < -0.39 is 29.0 Å². The van der Waals surface area contributed by atoms with Gasteiger partial charge in [0.2, 0.25) is 0 Å². The number of pyridine rings is 1. The maximum absolute atomic E-state index is 13.4. The van der Waals surface area contributed by atoms with Gasteiger partial charge in [-0.2, -0.15) is 13.2 Å². The molecule has 0 radical (unpaired) electrons. The molecule has 1 saturated heterocycles. The monoisotopic (exact) mass is 604 g/mol. The van der Waals surface area contributed by atoms with Crippen molar-refractivity contribution >= 4 is 40.5 Å². The number of amides is 3. The van der Waals surface area contributed by atoms with E-state index in [9.17, 15) is 27.2 Å². The first kappa shape index (κ1) is 29.1. The number of benzene rings is 3. The molecule has 0 aliphatic carbocycles. The maximum atomic E-state index is 13.4. The zero-order chi connectivity index (χ0) is 30.8. The Morgan fingerprint density at radius 2 is 1.64 bits per heavy atom. The van der Waals surface area contributed by atoms with Crippen LogP contribution in [0, 0.1) is 5.82 Å². The van der Waals surface area contributed by atoms with E-state index in [1.807, 2.05) is 24.3 Å². The lowest BCUT2D eigenvalue weighted by molar-refractivity contribution is -0.138. The fraction of sp³-hybridized carbons (Fsp3) is 0.219. The van der Waals surface area contributed by atoms with Crippen LogP contribution in [0.25, 0.3) is 0 Å². The summed E-state index contributed by atoms with van der Waals surface area (Å²) in [4.78, 5) is 33.9. The standard InChI is InChI=1S/C32H28F4N6O2/c33-21-5-12-25(27(17-21)32(34,35)36)30(43)39-23-8-6-22(7-9-23)38-28-13-14-37-29-26(28)19-42(31(44)40-29)24-10-3-20(4-11-24)18-41-15-1-2-16-41/h3-14,17H,1-2,15-16,18-19H2,(H,39,43)(H2,37,38,40,44). The molecule has 4 aromatic rings. The number of aromatic nitrogens is 1. The quantitative estimate of drug-likeness (QED) is 0.192. The van der Waals surface area contributed by atoms with Crippen molar-refractivity contribution in [2.45, 2.75) is 32.1 Å². The minimum atomic E-state index is -4.89. The van der Waals surface area contributed by atoms with Gasteiger partial charge in [0.25, 0.3) is 5.91 Å². The third kappa shape index (κ3) is 6.35. The summed E-state index contributed by atoms with van der Waals surface area (Å²) in [6, 6.07) is 17.7. The molecule has 2 aliphatic rings. The summed E-state index contributed by atoms with van der Waals surface area (Å²) in [5, 5.41) is 8.57. The normalized spacial score (nSPS) is 15.1. The lowest BCUT2D eigenvalue weighted by atomic mass is 10.1. The molecule has 2 aliphatic heterocycles. The van der Waals surface area contributed by atoms with E-state index in [0.29, 0.717) is 23.3 Å². The number of nitrogens with one attached hydrogen (secondary N) is 3. The minimum absolute atomic E-state index is 0.251. The molecule has 44 heavy (non-hydrogen) atoms. The predicted octanol–water partition coefficient (Wildman–Crippen LogP) is 7.38. The largest absolute Gasteiger partial charge is 0.417 e. The molecule has 3 amide bonds. The van der Waals surface area contributed by atoms with E-state index in [-0.39, 0.29) is 18.3 Å². The van der Waals surface area contributed by atoms with E-state index in [1.165, 1.54) is 30.5 Å². The summed E-state index contributed by atoms with van der Waals surface area (Å²) < 4.78 is 53.5. The second-order valence-electron chi connectivity index (χ2n) is 10.7. The van der Waals surface area contributed by atoms with Crippen LogP contribution in [0.1, 0.15) is 39.9 Å². The first-order valence-electron chi connectivity index (χ1n) is 14.1. The molecule has 3 aromatic carbocycles. The Morgan fingerprint density at radius 3 is 2.34 bits per heavy atom. The van der Waals surface area contributed by atoms with Gasteiger partial charge in [-0.1, -0.05) is 12.1 Å². The van der Waals surface area contributed by atoms with Crippen molar-refractivity contribution in [3.8, 4) is 0 Å². The van der Waals surface area contributed by atoms with Crippen LogP contribution >= 0.6 is 0 Å². The molecule has 0 atom stereocenters. The molecule has 1 fully saturated rings. The van der Waals surface area contributed by atoms with Gasteiger partial charge in [0.15, 0.2) is 0 Å². The lowest BCUT2D eigenvalue weighted by Gasteiger charge is -2.30. The van der Waals surface area contributed by atoms with Gasteiger partial charge < -0.3 is 10.6 Å². The van der Waals surface area contributed by atoms with Gasteiger partial charge in [-0.25, -0.2) is 14.2 Å². The molecular weight excluding hydrogens is 576 g/mol. The van der Waals surface area contributed by atoms with Crippen LogP contribution in [-0.2, 0) is 19.3 Å². The molecule has 1 aromatic heterocycles. The molecule has 0 saturated carbocycles. The SMILES string of the molecule is O=C(Nc1ccc(Nc2ccnc3c2CN(c2ccc(CN4CCCC4)cc2)C(=O)N3)cc1)c1ccc(F)cc1C(F)(F)F. The number of likely N-dealkylation sites (tertiary alicyclic amines) is 1. The van der Waals surface area contributed by atoms with Gasteiger partial charge in [-0.15, -0.1) is 0 Å². The molecule has 6 rings (SSSR count). The van der Waals surface area contributed by atoms with Crippen LogP contribution < -0.4 is 20.9 Å². The number of halogens is 4. The third-order valence-corrected chi connectivity index (χ3v) is 7.65. The Morgan fingerprint density at radius 1 is 0.932 bits per heavy atom. The fourth-order valence-corrected chi connectivity index (χ4v) is 5.40. The smallest absolute Gasteiger partial charge is 0.355 e. The average molecular weight is 605 g/mol. The van der Waals surface area contributed by atoms with Crippen LogP contribution in [0.3, 0.4) is 0 Å². The fourth-order valence-electron chi connectivity index (χ4n) is 5.40. The zero-order valence-corrected chi connectivity index (χ0v) is 23.4. The second kappa shape index (κ2) is 12.0. The molecule has 0 unspecified atom stereocenters. The van der Waals surface area contributed by atoms with Gasteiger partial charge >= 0.3 is 12.2 Å². The average Bonchev–Trinajstić information content (AvgIpc) is 3.51. The summed E-state index contributed by atoms with van der Waals surface area (Å²) in [5.74, 6) is -1.66. The van der Waals surface area contributed by atoms with Gasteiger partial charge in [0.1, 0.15) is 11.6 Å². The van der Waals surface area contributed by atoms with Crippen molar-refractivity contribution in [1.82, 2.24) is 9.88 Å². The number of carbonyl (C=O) groups is 2. The molecular formula is C32H28F4N6O2.